The van der Waals surface area contributed by atoms with E-state index in [1.54, 1.807) is 18.4 Å². The third-order valence-corrected chi connectivity index (χ3v) is 4.00. The summed E-state index contributed by atoms with van der Waals surface area (Å²) >= 11 is 7.13. The van der Waals surface area contributed by atoms with Crippen LogP contribution in [0.2, 0.25) is 5.02 Å². The fourth-order valence-corrected chi connectivity index (χ4v) is 2.82. The van der Waals surface area contributed by atoms with E-state index in [9.17, 15) is 8.78 Å². The molecule has 1 aromatic carbocycles. The first-order valence-corrected chi connectivity index (χ1v) is 6.66. The largest absolute Gasteiger partial charge is 0.309 e. The van der Waals surface area contributed by atoms with E-state index in [4.69, 9.17) is 11.6 Å². The highest BCUT2D eigenvalue weighted by atomic mass is 35.5. The van der Waals surface area contributed by atoms with Crippen molar-refractivity contribution in [3.05, 3.63) is 56.2 Å². The Morgan fingerprint density at radius 3 is 2.50 bits per heavy atom. The van der Waals surface area contributed by atoms with Gasteiger partial charge < -0.3 is 5.32 Å². The number of hydrogen-bond donors (Lipinski definition) is 1. The molecule has 0 saturated heterocycles. The average molecular weight is 288 g/mol. The van der Waals surface area contributed by atoms with Crippen LogP contribution in [0.25, 0.3) is 0 Å². The van der Waals surface area contributed by atoms with Crippen molar-refractivity contribution < 1.29 is 8.78 Å². The molecule has 0 fully saturated rings. The van der Waals surface area contributed by atoms with Gasteiger partial charge >= 0.3 is 0 Å². The molecule has 5 heteroatoms. The van der Waals surface area contributed by atoms with Crippen molar-refractivity contribution >= 4 is 22.9 Å². The zero-order valence-corrected chi connectivity index (χ0v) is 11.5. The summed E-state index contributed by atoms with van der Waals surface area (Å²) < 4.78 is 27.4. The van der Waals surface area contributed by atoms with Gasteiger partial charge in [-0.2, -0.15) is 0 Å². The smallest absolute Gasteiger partial charge is 0.142 e. The molecule has 0 bridgehead atoms. The Labute approximate surface area is 113 Å². The van der Waals surface area contributed by atoms with E-state index in [1.165, 1.54) is 0 Å². The quantitative estimate of drug-likeness (QED) is 0.830. The van der Waals surface area contributed by atoms with E-state index < -0.39 is 11.6 Å². The van der Waals surface area contributed by atoms with Crippen LogP contribution in [0, 0.1) is 18.6 Å². The first-order chi connectivity index (χ1) is 8.54. The van der Waals surface area contributed by atoms with E-state index in [0.29, 0.717) is 0 Å². The van der Waals surface area contributed by atoms with Gasteiger partial charge in [-0.1, -0.05) is 11.6 Å². The fraction of sp³-hybridized carbons (Fsp3) is 0.231. The molecule has 18 heavy (non-hydrogen) atoms. The lowest BCUT2D eigenvalue weighted by molar-refractivity contribution is 0.558. The van der Waals surface area contributed by atoms with Gasteiger partial charge in [-0.05, 0) is 43.1 Å². The molecule has 1 unspecified atom stereocenters. The number of benzene rings is 1. The molecule has 2 rings (SSSR count). The summed E-state index contributed by atoms with van der Waals surface area (Å²) in [4.78, 5) is 1.07. The minimum atomic E-state index is -0.610. The SMILES string of the molecule is CNC(c1cc(F)c(Cl)cc1F)c1ccsc1C. The van der Waals surface area contributed by atoms with Crippen molar-refractivity contribution in [2.24, 2.45) is 0 Å². The number of thiophene rings is 1. The van der Waals surface area contributed by atoms with Gasteiger partial charge in [0.25, 0.3) is 0 Å². The Bertz CT molecular complexity index is 568. The predicted octanol–water partition coefficient (Wildman–Crippen LogP) is 4.30. The van der Waals surface area contributed by atoms with Crippen LogP contribution >= 0.6 is 22.9 Å². The van der Waals surface area contributed by atoms with Crippen LogP contribution in [0.4, 0.5) is 8.78 Å². The molecule has 2 aromatic rings. The minimum Gasteiger partial charge on any atom is -0.309 e. The maximum Gasteiger partial charge on any atom is 0.142 e. The normalized spacial score (nSPS) is 12.7. The van der Waals surface area contributed by atoms with Crippen molar-refractivity contribution in [1.82, 2.24) is 5.32 Å². The highest BCUT2D eigenvalue weighted by molar-refractivity contribution is 7.10. The maximum absolute atomic E-state index is 13.9. The lowest BCUT2D eigenvalue weighted by Gasteiger charge is -2.18. The molecule has 1 heterocycles. The standard InChI is InChI=1S/C13H12ClF2NS/c1-7-8(3-4-18-7)13(17-2)9-5-12(16)10(14)6-11(9)15/h3-6,13,17H,1-2H3. The van der Waals surface area contributed by atoms with Crippen molar-refractivity contribution in [2.45, 2.75) is 13.0 Å². The van der Waals surface area contributed by atoms with E-state index in [2.05, 4.69) is 5.32 Å². The van der Waals surface area contributed by atoms with E-state index in [1.807, 2.05) is 18.4 Å². The van der Waals surface area contributed by atoms with Crippen LogP contribution in [0.5, 0.6) is 0 Å². The van der Waals surface area contributed by atoms with Gasteiger partial charge in [-0.25, -0.2) is 8.78 Å². The summed E-state index contributed by atoms with van der Waals surface area (Å²) in [7, 11) is 1.72. The zero-order chi connectivity index (χ0) is 13.3. The Hall–Kier alpha value is -0.970. The second-order valence-electron chi connectivity index (χ2n) is 3.94. The van der Waals surface area contributed by atoms with E-state index >= 15 is 0 Å². The van der Waals surface area contributed by atoms with Gasteiger partial charge in [0.05, 0.1) is 11.1 Å². The first kappa shape index (κ1) is 13.5. The Morgan fingerprint density at radius 1 is 1.22 bits per heavy atom. The molecule has 0 radical (unpaired) electrons. The van der Waals surface area contributed by atoms with E-state index in [0.717, 1.165) is 22.6 Å². The number of hydrogen-bond acceptors (Lipinski definition) is 2. The summed E-state index contributed by atoms with van der Waals surface area (Å²) in [6.45, 7) is 1.95. The Balaban J connectivity index is 2.52. The molecule has 1 nitrogen and oxygen atoms in total. The minimum absolute atomic E-state index is 0.201. The van der Waals surface area contributed by atoms with Crippen LogP contribution in [0.15, 0.2) is 23.6 Å². The van der Waals surface area contributed by atoms with Gasteiger partial charge in [0.2, 0.25) is 0 Å². The molecule has 0 aliphatic rings. The molecule has 96 valence electrons. The van der Waals surface area contributed by atoms with Gasteiger partial charge in [-0.3, -0.25) is 0 Å². The molecule has 0 aliphatic carbocycles. The third kappa shape index (κ3) is 2.41. The van der Waals surface area contributed by atoms with Gasteiger partial charge in [0, 0.05) is 10.4 Å². The highest BCUT2D eigenvalue weighted by Gasteiger charge is 2.20. The number of halogens is 3. The molecule has 1 atom stereocenters. The maximum atomic E-state index is 13.9. The molecule has 1 aromatic heterocycles. The average Bonchev–Trinajstić information content (AvgIpc) is 2.73. The topological polar surface area (TPSA) is 12.0 Å². The molecule has 0 saturated carbocycles. The van der Waals surface area contributed by atoms with E-state index in [-0.39, 0.29) is 16.6 Å². The zero-order valence-electron chi connectivity index (χ0n) is 9.93. The Kier molecular flexibility index (Phi) is 4.00. The molecular formula is C13H12ClF2NS. The van der Waals surface area contributed by atoms with Crippen LogP contribution in [-0.2, 0) is 0 Å². The molecule has 0 amide bonds. The van der Waals surface area contributed by atoms with Crippen LogP contribution < -0.4 is 5.32 Å². The third-order valence-electron chi connectivity index (χ3n) is 2.85. The monoisotopic (exact) mass is 287 g/mol. The summed E-state index contributed by atoms with van der Waals surface area (Å²) in [6.07, 6.45) is 0. The van der Waals surface area contributed by atoms with Crippen molar-refractivity contribution in [3.63, 3.8) is 0 Å². The predicted molar refractivity (Wildman–Crippen MR) is 71.3 cm³/mol. The van der Waals surface area contributed by atoms with Crippen LogP contribution in [-0.4, -0.2) is 7.05 Å². The number of aryl methyl sites for hydroxylation is 1. The second-order valence-corrected chi connectivity index (χ2v) is 5.47. The van der Waals surface area contributed by atoms with Crippen molar-refractivity contribution in [1.29, 1.82) is 0 Å². The molecule has 1 N–H and O–H groups in total. The van der Waals surface area contributed by atoms with Crippen molar-refractivity contribution in [3.8, 4) is 0 Å². The summed E-state index contributed by atoms with van der Waals surface area (Å²) in [5.74, 6) is -1.12. The fourth-order valence-electron chi connectivity index (χ4n) is 1.93. The summed E-state index contributed by atoms with van der Waals surface area (Å²) in [6, 6.07) is 3.70. The summed E-state index contributed by atoms with van der Waals surface area (Å²) in [5, 5.41) is 4.73. The summed E-state index contributed by atoms with van der Waals surface area (Å²) in [5.41, 5.74) is 1.21. The highest BCUT2D eigenvalue weighted by Crippen LogP contribution is 2.31. The second kappa shape index (κ2) is 5.34. The van der Waals surface area contributed by atoms with Gasteiger partial charge in [0.15, 0.2) is 0 Å². The first-order valence-electron chi connectivity index (χ1n) is 5.40. The lowest BCUT2D eigenvalue weighted by atomic mass is 9.99. The number of nitrogens with one attached hydrogen (secondary N) is 1. The lowest BCUT2D eigenvalue weighted by Crippen LogP contribution is -2.19. The molecule has 0 spiro atoms. The van der Waals surface area contributed by atoms with Gasteiger partial charge in [0.1, 0.15) is 11.6 Å². The number of rotatable bonds is 3. The van der Waals surface area contributed by atoms with Crippen molar-refractivity contribution in [2.75, 3.05) is 7.05 Å². The molecule has 0 aliphatic heterocycles. The van der Waals surface area contributed by atoms with Crippen LogP contribution in [0.1, 0.15) is 22.0 Å². The van der Waals surface area contributed by atoms with Gasteiger partial charge in [-0.15, -0.1) is 11.3 Å². The Morgan fingerprint density at radius 2 is 1.94 bits per heavy atom. The molecular weight excluding hydrogens is 276 g/mol. The van der Waals surface area contributed by atoms with Crippen LogP contribution in [0.3, 0.4) is 0 Å².